The van der Waals surface area contributed by atoms with Gasteiger partial charge in [-0.05, 0) is 36.8 Å². The molecule has 7 nitrogen and oxygen atoms in total. The summed E-state index contributed by atoms with van der Waals surface area (Å²) >= 11 is 1.45. The van der Waals surface area contributed by atoms with Gasteiger partial charge in [0.05, 0.1) is 37.8 Å². The Morgan fingerprint density at radius 1 is 1.00 bits per heavy atom. The number of hydrogen-bond donors (Lipinski definition) is 2. The van der Waals surface area contributed by atoms with E-state index < -0.39 is 0 Å². The molecule has 2 amide bonds. The largest absolute Gasteiger partial charge is 0.497 e. The van der Waals surface area contributed by atoms with Crippen LogP contribution in [0.5, 0.6) is 11.5 Å². The molecule has 0 aliphatic carbocycles. The average Bonchev–Trinajstić information content (AvgIpc) is 3.21. The van der Waals surface area contributed by atoms with Crippen LogP contribution < -0.4 is 20.3 Å². The van der Waals surface area contributed by atoms with Crippen LogP contribution in [-0.2, 0) is 22.4 Å². The Morgan fingerprint density at radius 3 is 2.40 bits per heavy atom. The molecule has 1 heterocycles. The second-order valence-corrected chi connectivity index (χ2v) is 7.23. The maximum absolute atomic E-state index is 12.2. The molecule has 0 radical (unpaired) electrons. The second kappa shape index (κ2) is 10.4. The number of nitrogens with one attached hydrogen (secondary N) is 2. The van der Waals surface area contributed by atoms with E-state index in [2.05, 4.69) is 15.8 Å². The molecule has 0 atom stereocenters. The van der Waals surface area contributed by atoms with E-state index in [-0.39, 0.29) is 24.7 Å². The zero-order valence-electron chi connectivity index (χ0n) is 16.8. The van der Waals surface area contributed by atoms with Gasteiger partial charge in [0.2, 0.25) is 11.8 Å². The third-order valence-corrected chi connectivity index (χ3v) is 5.10. The van der Waals surface area contributed by atoms with E-state index >= 15 is 0 Å². The zero-order chi connectivity index (χ0) is 21.3. The Bertz CT molecular complexity index is 1000. The van der Waals surface area contributed by atoms with Gasteiger partial charge in [-0.25, -0.2) is 4.98 Å². The third-order valence-electron chi connectivity index (χ3n) is 4.18. The van der Waals surface area contributed by atoms with Crippen molar-refractivity contribution in [3.63, 3.8) is 0 Å². The van der Waals surface area contributed by atoms with Crippen molar-refractivity contribution in [3.8, 4) is 22.1 Å². The highest BCUT2D eigenvalue weighted by molar-refractivity contribution is 7.13. The molecule has 0 bridgehead atoms. The van der Waals surface area contributed by atoms with E-state index in [9.17, 15) is 9.59 Å². The first-order valence-corrected chi connectivity index (χ1v) is 10.3. The van der Waals surface area contributed by atoms with Crippen LogP contribution in [0.15, 0.2) is 53.9 Å². The number of para-hydroxylation sites is 1. The molecule has 2 aromatic carbocycles. The first-order chi connectivity index (χ1) is 14.6. The van der Waals surface area contributed by atoms with Crippen molar-refractivity contribution >= 4 is 23.2 Å². The predicted octanol–water partition coefficient (Wildman–Crippen LogP) is 3.15. The number of hydrazine groups is 1. The van der Waals surface area contributed by atoms with Gasteiger partial charge in [0, 0.05) is 5.38 Å². The van der Waals surface area contributed by atoms with Crippen LogP contribution in [0.1, 0.15) is 18.2 Å². The standard InChI is InChI=1S/C22H23N3O4S/c1-3-29-19-7-5-4-6-18(19)22-23-16(14-30-22)13-21(27)25-24-20(26)12-15-8-10-17(28-2)11-9-15/h4-11,14H,3,12-13H2,1-2H3,(H,24,26)(H,25,27). The van der Waals surface area contributed by atoms with E-state index in [1.54, 1.807) is 31.4 Å². The van der Waals surface area contributed by atoms with Gasteiger partial charge in [-0.1, -0.05) is 24.3 Å². The van der Waals surface area contributed by atoms with Crippen molar-refractivity contribution < 1.29 is 19.1 Å². The van der Waals surface area contributed by atoms with Crippen LogP contribution in [0.3, 0.4) is 0 Å². The molecule has 2 N–H and O–H groups in total. The fourth-order valence-corrected chi connectivity index (χ4v) is 3.61. The first kappa shape index (κ1) is 21.3. The molecule has 156 valence electrons. The summed E-state index contributed by atoms with van der Waals surface area (Å²) in [6, 6.07) is 14.8. The number of ether oxygens (including phenoxy) is 2. The summed E-state index contributed by atoms with van der Waals surface area (Å²) in [7, 11) is 1.58. The molecule has 0 spiro atoms. The number of carbonyl (C=O) groups excluding carboxylic acids is 2. The topological polar surface area (TPSA) is 89.5 Å². The Hall–Kier alpha value is -3.39. The number of nitrogens with zero attached hydrogens (tertiary/aromatic N) is 1. The number of carbonyl (C=O) groups is 2. The molecular weight excluding hydrogens is 402 g/mol. The minimum atomic E-state index is -0.340. The van der Waals surface area contributed by atoms with Crippen molar-refractivity contribution in [1.29, 1.82) is 0 Å². The molecule has 0 saturated heterocycles. The number of methoxy groups -OCH3 is 1. The Balaban J connectivity index is 1.51. The fraction of sp³-hybridized carbons (Fsp3) is 0.227. The van der Waals surface area contributed by atoms with Gasteiger partial charge in [-0.3, -0.25) is 20.4 Å². The Labute approximate surface area is 179 Å². The smallest absolute Gasteiger partial charge is 0.244 e. The predicted molar refractivity (Wildman–Crippen MR) is 115 cm³/mol. The molecule has 3 aromatic rings. The fourth-order valence-electron chi connectivity index (χ4n) is 2.76. The van der Waals surface area contributed by atoms with Crippen LogP contribution in [0.25, 0.3) is 10.6 Å². The average molecular weight is 426 g/mol. The summed E-state index contributed by atoms with van der Waals surface area (Å²) in [5, 5.41) is 2.61. The molecule has 0 unspecified atom stereocenters. The van der Waals surface area contributed by atoms with Gasteiger partial charge in [0.1, 0.15) is 16.5 Å². The van der Waals surface area contributed by atoms with Gasteiger partial charge < -0.3 is 9.47 Å². The van der Waals surface area contributed by atoms with E-state index in [1.165, 1.54) is 11.3 Å². The van der Waals surface area contributed by atoms with Crippen LogP contribution in [0.2, 0.25) is 0 Å². The number of hydrogen-bond acceptors (Lipinski definition) is 6. The van der Waals surface area contributed by atoms with Crippen molar-refractivity contribution in [2.45, 2.75) is 19.8 Å². The minimum absolute atomic E-state index is 0.0656. The summed E-state index contributed by atoms with van der Waals surface area (Å²) < 4.78 is 10.7. The SMILES string of the molecule is CCOc1ccccc1-c1nc(CC(=O)NNC(=O)Cc2ccc(OC)cc2)cs1. The number of aromatic nitrogens is 1. The van der Waals surface area contributed by atoms with Crippen LogP contribution in [-0.4, -0.2) is 30.5 Å². The highest BCUT2D eigenvalue weighted by Gasteiger charge is 2.13. The molecule has 1 aromatic heterocycles. The van der Waals surface area contributed by atoms with Crippen molar-refractivity contribution in [3.05, 3.63) is 65.2 Å². The maximum Gasteiger partial charge on any atom is 0.244 e. The summed E-state index contributed by atoms with van der Waals surface area (Å²) in [5.41, 5.74) is 7.20. The van der Waals surface area contributed by atoms with Crippen molar-refractivity contribution in [2.75, 3.05) is 13.7 Å². The van der Waals surface area contributed by atoms with Gasteiger partial charge in [0.15, 0.2) is 0 Å². The van der Waals surface area contributed by atoms with Crippen LogP contribution in [0, 0.1) is 0 Å². The van der Waals surface area contributed by atoms with E-state index in [4.69, 9.17) is 9.47 Å². The van der Waals surface area contributed by atoms with Gasteiger partial charge in [-0.15, -0.1) is 11.3 Å². The van der Waals surface area contributed by atoms with Crippen molar-refractivity contribution in [2.24, 2.45) is 0 Å². The van der Waals surface area contributed by atoms with Crippen molar-refractivity contribution in [1.82, 2.24) is 15.8 Å². The van der Waals surface area contributed by atoms with Crippen LogP contribution >= 0.6 is 11.3 Å². The summed E-state index contributed by atoms with van der Waals surface area (Å²) in [6.45, 7) is 2.49. The van der Waals surface area contributed by atoms with E-state index in [0.717, 1.165) is 27.6 Å². The van der Waals surface area contributed by atoms with E-state index in [0.29, 0.717) is 12.3 Å². The molecular formula is C22H23N3O4S. The van der Waals surface area contributed by atoms with Crippen LogP contribution in [0.4, 0.5) is 0 Å². The van der Waals surface area contributed by atoms with E-state index in [1.807, 2.05) is 36.6 Å². The quantitative estimate of drug-likeness (QED) is 0.541. The first-order valence-electron chi connectivity index (χ1n) is 9.46. The molecule has 3 rings (SSSR count). The highest BCUT2D eigenvalue weighted by Crippen LogP contribution is 2.32. The Morgan fingerprint density at radius 2 is 1.70 bits per heavy atom. The molecule has 0 fully saturated rings. The molecule has 8 heteroatoms. The summed E-state index contributed by atoms with van der Waals surface area (Å²) in [4.78, 5) is 28.7. The number of thiazole rings is 1. The summed E-state index contributed by atoms with van der Waals surface area (Å²) in [6.07, 6.45) is 0.218. The van der Waals surface area contributed by atoms with Gasteiger partial charge in [-0.2, -0.15) is 0 Å². The maximum atomic E-state index is 12.2. The number of benzene rings is 2. The van der Waals surface area contributed by atoms with Gasteiger partial charge >= 0.3 is 0 Å². The highest BCUT2D eigenvalue weighted by atomic mass is 32.1. The lowest BCUT2D eigenvalue weighted by molar-refractivity contribution is -0.128. The normalized spacial score (nSPS) is 10.3. The Kier molecular flexibility index (Phi) is 7.40. The number of rotatable bonds is 8. The monoisotopic (exact) mass is 425 g/mol. The van der Waals surface area contributed by atoms with Gasteiger partial charge in [0.25, 0.3) is 0 Å². The minimum Gasteiger partial charge on any atom is -0.497 e. The summed E-state index contributed by atoms with van der Waals surface area (Å²) in [5.74, 6) is 0.835. The number of amides is 2. The molecule has 30 heavy (non-hydrogen) atoms. The molecule has 0 aliphatic heterocycles. The lowest BCUT2D eigenvalue weighted by atomic mass is 10.1. The molecule has 0 aliphatic rings. The second-order valence-electron chi connectivity index (χ2n) is 6.37. The molecule has 0 saturated carbocycles. The third kappa shape index (κ3) is 5.81. The lowest BCUT2D eigenvalue weighted by Crippen LogP contribution is -2.43. The lowest BCUT2D eigenvalue weighted by Gasteiger charge is -2.08. The zero-order valence-corrected chi connectivity index (χ0v) is 17.6.